The Morgan fingerprint density at radius 3 is 2.43 bits per heavy atom. The van der Waals surface area contributed by atoms with Gasteiger partial charge in [-0.3, -0.25) is 23.3 Å². The predicted octanol–water partition coefficient (Wildman–Crippen LogP) is 2.65. The third-order valence-electron chi connectivity index (χ3n) is 6.53. The summed E-state index contributed by atoms with van der Waals surface area (Å²) >= 11 is 0. The summed E-state index contributed by atoms with van der Waals surface area (Å²) in [4.78, 5) is 40.8. The molecule has 1 fully saturated rings. The molecule has 1 aliphatic carbocycles. The van der Waals surface area contributed by atoms with Crippen LogP contribution >= 0.6 is 0 Å². The fourth-order valence-electron chi connectivity index (χ4n) is 4.50. The summed E-state index contributed by atoms with van der Waals surface area (Å²) in [5.74, 6) is -0.375. The Balaban J connectivity index is 1.94. The van der Waals surface area contributed by atoms with E-state index in [9.17, 15) is 18.8 Å². The molecule has 0 amide bonds. The third-order valence-corrected chi connectivity index (χ3v) is 6.53. The zero-order chi connectivity index (χ0) is 25.0. The summed E-state index contributed by atoms with van der Waals surface area (Å²) < 4.78 is 18.7. The summed E-state index contributed by atoms with van der Waals surface area (Å²) in [6.45, 7) is 3.37. The molecule has 0 spiro atoms. The highest BCUT2D eigenvalue weighted by molar-refractivity contribution is 6.16. The van der Waals surface area contributed by atoms with Gasteiger partial charge in [0, 0.05) is 24.3 Å². The summed E-state index contributed by atoms with van der Waals surface area (Å²) in [5.41, 5.74) is 1.23. The van der Waals surface area contributed by atoms with Crippen molar-refractivity contribution < 1.29 is 4.39 Å². The van der Waals surface area contributed by atoms with Gasteiger partial charge >= 0.3 is 5.69 Å². The highest BCUT2D eigenvalue weighted by Crippen LogP contribution is 2.34. The van der Waals surface area contributed by atoms with Crippen LogP contribution in [0.3, 0.4) is 0 Å². The number of anilines is 3. The third kappa shape index (κ3) is 3.65. The number of pyridine rings is 1. The zero-order valence-electron chi connectivity index (χ0n) is 20.0. The minimum absolute atomic E-state index is 0.128. The van der Waals surface area contributed by atoms with Crippen LogP contribution in [0.25, 0.3) is 16.6 Å². The number of halogens is 1. The van der Waals surface area contributed by atoms with Gasteiger partial charge in [0.05, 0.1) is 16.9 Å². The summed E-state index contributed by atoms with van der Waals surface area (Å²) in [5, 5.41) is 6.18. The first kappa shape index (κ1) is 22.7. The van der Waals surface area contributed by atoms with E-state index in [0.717, 1.165) is 24.1 Å². The van der Waals surface area contributed by atoms with E-state index in [4.69, 9.17) is 0 Å². The lowest BCUT2D eigenvalue weighted by Crippen LogP contribution is -2.41. The van der Waals surface area contributed by atoms with Crippen molar-refractivity contribution in [1.82, 2.24) is 13.7 Å². The maximum absolute atomic E-state index is 14.8. The molecule has 178 valence electrons. The van der Waals surface area contributed by atoms with Crippen molar-refractivity contribution in [3.63, 3.8) is 0 Å². The Morgan fingerprint density at radius 2 is 1.77 bits per heavy atom. The fourth-order valence-corrected chi connectivity index (χ4v) is 4.50. The minimum atomic E-state index is -0.510. The molecule has 1 saturated carbocycles. The van der Waals surface area contributed by atoms with Crippen molar-refractivity contribution in [1.29, 1.82) is 0 Å². The van der Waals surface area contributed by atoms with Gasteiger partial charge < -0.3 is 10.5 Å². The maximum atomic E-state index is 14.8. The molecule has 0 bridgehead atoms. The van der Waals surface area contributed by atoms with Crippen molar-refractivity contribution in [3.05, 3.63) is 90.6 Å². The molecule has 2 heterocycles. The lowest BCUT2D eigenvalue weighted by atomic mass is 10.1. The van der Waals surface area contributed by atoms with E-state index in [-0.39, 0.29) is 34.0 Å². The van der Waals surface area contributed by atoms with Crippen LogP contribution in [0.2, 0.25) is 0 Å². The van der Waals surface area contributed by atoms with Crippen LogP contribution in [0.1, 0.15) is 30.0 Å². The Bertz CT molecular complexity index is 1680. The fraction of sp³-hybridized carbons (Fsp3) is 0.240. The standard InChI is InChI=1S/C25H25BFN5O3/c1-13-7-10-19(18(27)11-13)28-22-20-21(14(2)23(33)30(22)3)31(17-6-4-5-15(12-17)29-26)25(35)32(24(20)34)16-8-9-16/h4-7,10-12,16,28-29H,8-9,26H2,1-3H3. The Hall–Kier alpha value is -4.08. The van der Waals surface area contributed by atoms with E-state index in [1.165, 1.54) is 26.8 Å². The lowest BCUT2D eigenvalue weighted by Gasteiger charge is -2.21. The van der Waals surface area contributed by atoms with E-state index in [1.807, 2.05) is 6.07 Å². The number of hydrogen-bond donors (Lipinski definition) is 2. The first-order valence-electron chi connectivity index (χ1n) is 11.4. The van der Waals surface area contributed by atoms with Crippen LogP contribution in [0.5, 0.6) is 0 Å². The second-order valence-electron chi connectivity index (χ2n) is 8.99. The van der Waals surface area contributed by atoms with Crippen LogP contribution < -0.4 is 27.4 Å². The van der Waals surface area contributed by atoms with Crippen molar-refractivity contribution >= 4 is 36.1 Å². The average Bonchev–Trinajstić information content (AvgIpc) is 3.67. The molecule has 0 radical (unpaired) electrons. The minimum Gasteiger partial charge on any atom is -0.434 e. The number of nitrogens with one attached hydrogen (secondary N) is 2. The molecule has 1 aliphatic rings. The van der Waals surface area contributed by atoms with Gasteiger partial charge in [0.25, 0.3) is 11.1 Å². The monoisotopic (exact) mass is 473 g/mol. The van der Waals surface area contributed by atoms with Gasteiger partial charge in [0.15, 0.2) is 0 Å². The smallest absolute Gasteiger partial charge is 0.336 e. The topological polar surface area (TPSA) is 90.1 Å². The van der Waals surface area contributed by atoms with E-state index in [2.05, 4.69) is 10.5 Å². The molecule has 2 aromatic carbocycles. The summed E-state index contributed by atoms with van der Waals surface area (Å²) in [7, 11) is 3.30. The zero-order valence-corrected chi connectivity index (χ0v) is 20.0. The number of aryl methyl sites for hydroxylation is 2. The van der Waals surface area contributed by atoms with Crippen LogP contribution in [0, 0.1) is 19.7 Å². The van der Waals surface area contributed by atoms with Crippen LogP contribution in [0.4, 0.5) is 21.6 Å². The molecule has 2 N–H and O–H groups in total. The Labute approximate surface area is 201 Å². The normalized spacial score (nSPS) is 13.3. The van der Waals surface area contributed by atoms with Crippen LogP contribution in [-0.2, 0) is 7.05 Å². The van der Waals surface area contributed by atoms with Gasteiger partial charge in [-0.1, -0.05) is 12.1 Å². The van der Waals surface area contributed by atoms with E-state index in [1.54, 1.807) is 52.2 Å². The Kier molecular flexibility index (Phi) is 5.38. The van der Waals surface area contributed by atoms with Crippen molar-refractivity contribution in [2.45, 2.75) is 32.7 Å². The number of hydrogen-bond acceptors (Lipinski definition) is 5. The first-order valence-corrected chi connectivity index (χ1v) is 11.4. The van der Waals surface area contributed by atoms with Crippen LogP contribution in [0.15, 0.2) is 56.8 Å². The molecule has 0 aliphatic heterocycles. The van der Waals surface area contributed by atoms with Gasteiger partial charge in [-0.2, -0.15) is 0 Å². The van der Waals surface area contributed by atoms with Gasteiger partial charge in [-0.15, -0.1) is 0 Å². The number of aromatic nitrogens is 3. The first-order chi connectivity index (χ1) is 16.7. The molecule has 0 unspecified atom stereocenters. The quantitative estimate of drug-likeness (QED) is 0.435. The second-order valence-corrected chi connectivity index (χ2v) is 8.99. The van der Waals surface area contributed by atoms with E-state index >= 15 is 0 Å². The van der Waals surface area contributed by atoms with Crippen molar-refractivity contribution in [2.24, 2.45) is 7.05 Å². The molecular weight excluding hydrogens is 448 g/mol. The number of fused-ring (bicyclic) bond motifs is 1. The largest absolute Gasteiger partial charge is 0.434 e. The van der Waals surface area contributed by atoms with E-state index in [0.29, 0.717) is 5.69 Å². The SMILES string of the molecule is BNc1cccc(-n2c(=O)n(C3CC3)c(=O)c3c(Nc4ccc(C)cc4F)n(C)c(=O)c(C)c32)c1. The van der Waals surface area contributed by atoms with Crippen LogP contribution in [-0.4, -0.2) is 21.7 Å². The van der Waals surface area contributed by atoms with Gasteiger partial charge in [-0.25, -0.2) is 9.18 Å². The van der Waals surface area contributed by atoms with E-state index < -0.39 is 22.6 Å². The average molecular weight is 473 g/mol. The molecule has 0 atom stereocenters. The lowest BCUT2D eigenvalue weighted by molar-refractivity contribution is 0.630. The molecule has 8 nitrogen and oxygen atoms in total. The van der Waals surface area contributed by atoms with Gasteiger partial charge in [-0.05, 0) is 62.6 Å². The highest BCUT2D eigenvalue weighted by atomic mass is 19.1. The second kappa shape index (κ2) is 8.30. The van der Waals surface area contributed by atoms with Gasteiger partial charge in [0.1, 0.15) is 17.0 Å². The number of nitrogens with zero attached hydrogens (tertiary/aromatic N) is 3. The van der Waals surface area contributed by atoms with Gasteiger partial charge in [0.2, 0.25) is 7.98 Å². The van der Waals surface area contributed by atoms with Crippen molar-refractivity contribution in [2.75, 3.05) is 10.5 Å². The summed E-state index contributed by atoms with van der Waals surface area (Å²) in [6.07, 6.45) is 1.44. The number of rotatable bonds is 5. The maximum Gasteiger partial charge on any atom is 0.336 e. The number of benzene rings is 2. The molecule has 2 aromatic heterocycles. The predicted molar refractivity (Wildman–Crippen MR) is 139 cm³/mol. The van der Waals surface area contributed by atoms with Crippen molar-refractivity contribution in [3.8, 4) is 5.69 Å². The molecule has 0 saturated heterocycles. The molecular formula is C25H25BFN5O3. The molecule has 35 heavy (non-hydrogen) atoms. The highest BCUT2D eigenvalue weighted by Gasteiger charge is 2.31. The molecule has 4 aromatic rings. The summed E-state index contributed by atoms with van der Waals surface area (Å²) in [6, 6.07) is 11.7. The molecule has 5 rings (SSSR count). The Morgan fingerprint density at radius 1 is 1.03 bits per heavy atom. The molecule has 10 heteroatoms.